The second-order valence-corrected chi connectivity index (χ2v) is 9.06. The third-order valence-corrected chi connectivity index (χ3v) is 6.12. The number of nitriles is 1. The van der Waals surface area contributed by atoms with E-state index in [2.05, 4.69) is 19.9 Å². The molecule has 1 aliphatic heterocycles. The van der Waals surface area contributed by atoms with Gasteiger partial charge in [0.2, 0.25) is 0 Å². The van der Waals surface area contributed by atoms with Crippen LogP contribution in [0.5, 0.6) is 5.75 Å². The first-order valence-corrected chi connectivity index (χ1v) is 10.4. The number of nitrogens with zero attached hydrogens (tertiary/aromatic N) is 2. The van der Waals surface area contributed by atoms with Gasteiger partial charge in [0.05, 0.1) is 24.7 Å². The lowest BCUT2D eigenvalue weighted by Crippen LogP contribution is -2.42. The summed E-state index contributed by atoms with van der Waals surface area (Å²) >= 11 is 0. The van der Waals surface area contributed by atoms with Crippen molar-refractivity contribution in [3.8, 4) is 11.8 Å². The molecule has 5 nitrogen and oxygen atoms in total. The number of benzene rings is 2. The fourth-order valence-electron chi connectivity index (χ4n) is 4.71. The van der Waals surface area contributed by atoms with Crippen LogP contribution in [0, 0.1) is 23.7 Å². The number of anilines is 1. The molecule has 2 aromatic rings. The number of rotatable bonds is 3. The molecule has 0 saturated heterocycles. The van der Waals surface area contributed by atoms with E-state index in [-0.39, 0.29) is 11.2 Å². The van der Waals surface area contributed by atoms with E-state index in [1.807, 2.05) is 60.4 Å². The lowest BCUT2D eigenvalue weighted by Gasteiger charge is -2.44. The van der Waals surface area contributed by atoms with E-state index in [0.717, 1.165) is 22.5 Å². The molecule has 31 heavy (non-hydrogen) atoms. The van der Waals surface area contributed by atoms with Crippen molar-refractivity contribution >= 4 is 11.5 Å². The van der Waals surface area contributed by atoms with Crippen LogP contribution in [0.2, 0.25) is 0 Å². The standard InChI is InChI=1S/C26H27N3O2/c1-16-9-11-17(12-10-16)29-20-13-26(2,3)14-21(30)24(20)23(19(15-27)25(29)28)18-7-5-6-8-22(18)31-4/h5-12,23H,13-14,28H2,1-4H3/t23-/m0/s1. The van der Waals surface area contributed by atoms with Crippen molar-refractivity contribution in [2.24, 2.45) is 11.1 Å². The van der Waals surface area contributed by atoms with E-state index in [1.54, 1.807) is 7.11 Å². The molecule has 2 aromatic carbocycles. The van der Waals surface area contributed by atoms with Crippen molar-refractivity contribution in [2.45, 2.75) is 39.5 Å². The SMILES string of the molecule is COc1ccccc1[C@H]1C(C#N)=C(N)N(c2ccc(C)cc2)C2=C1C(=O)CC(C)(C)C2. The average Bonchev–Trinajstić information content (AvgIpc) is 2.73. The number of ketones is 1. The lowest BCUT2D eigenvalue weighted by atomic mass is 9.68. The van der Waals surface area contributed by atoms with Crippen LogP contribution in [-0.4, -0.2) is 12.9 Å². The topological polar surface area (TPSA) is 79.3 Å². The van der Waals surface area contributed by atoms with Gasteiger partial charge in [-0.3, -0.25) is 9.69 Å². The Balaban J connectivity index is 2.02. The van der Waals surface area contributed by atoms with Crippen molar-refractivity contribution in [2.75, 3.05) is 12.0 Å². The Morgan fingerprint density at radius 3 is 2.45 bits per heavy atom. The molecular formula is C26H27N3O2. The summed E-state index contributed by atoms with van der Waals surface area (Å²) in [6.07, 6.45) is 1.12. The zero-order valence-corrected chi connectivity index (χ0v) is 18.4. The summed E-state index contributed by atoms with van der Waals surface area (Å²) in [7, 11) is 1.60. The summed E-state index contributed by atoms with van der Waals surface area (Å²) in [4.78, 5) is 15.4. The van der Waals surface area contributed by atoms with E-state index < -0.39 is 5.92 Å². The van der Waals surface area contributed by atoms with Gasteiger partial charge in [0.15, 0.2) is 5.78 Å². The molecule has 0 radical (unpaired) electrons. The molecule has 2 N–H and O–H groups in total. The van der Waals surface area contributed by atoms with Crippen molar-refractivity contribution in [1.29, 1.82) is 5.26 Å². The maximum Gasteiger partial charge on any atom is 0.162 e. The zero-order chi connectivity index (χ0) is 22.3. The molecule has 0 fully saturated rings. The van der Waals surface area contributed by atoms with Crippen LogP contribution >= 0.6 is 0 Å². The van der Waals surface area contributed by atoms with Gasteiger partial charge < -0.3 is 10.5 Å². The number of carbonyl (C=O) groups is 1. The van der Waals surface area contributed by atoms with Crippen LogP contribution < -0.4 is 15.4 Å². The highest BCUT2D eigenvalue weighted by molar-refractivity contribution is 6.01. The Hall–Kier alpha value is -3.52. The first-order chi connectivity index (χ1) is 14.8. The second kappa shape index (κ2) is 7.63. The molecule has 1 heterocycles. The highest BCUT2D eigenvalue weighted by Crippen LogP contribution is 2.51. The molecule has 0 bridgehead atoms. The summed E-state index contributed by atoms with van der Waals surface area (Å²) in [5.41, 5.74) is 11.1. The summed E-state index contributed by atoms with van der Waals surface area (Å²) in [5, 5.41) is 10.2. The maximum absolute atomic E-state index is 13.5. The molecule has 1 aliphatic carbocycles. The monoisotopic (exact) mass is 413 g/mol. The van der Waals surface area contributed by atoms with Gasteiger partial charge in [-0.1, -0.05) is 49.7 Å². The van der Waals surface area contributed by atoms with E-state index >= 15 is 0 Å². The number of ether oxygens (including phenoxy) is 1. The van der Waals surface area contributed by atoms with Crippen LogP contribution in [0.3, 0.4) is 0 Å². The van der Waals surface area contributed by atoms with E-state index in [9.17, 15) is 10.1 Å². The van der Waals surface area contributed by atoms with Crippen molar-refractivity contribution in [3.05, 3.63) is 82.3 Å². The third kappa shape index (κ3) is 3.48. The van der Waals surface area contributed by atoms with Gasteiger partial charge >= 0.3 is 0 Å². The predicted molar refractivity (Wildman–Crippen MR) is 121 cm³/mol. The number of allylic oxidation sites excluding steroid dienone is 3. The first kappa shape index (κ1) is 20.7. The lowest BCUT2D eigenvalue weighted by molar-refractivity contribution is -0.118. The minimum atomic E-state index is -0.540. The Kier molecular flexibility index (Phi) is 5.10. The number of hydrogen-bond acceptors (Lipinski definition) is 5. The van der Waals surface area contributed by atoms with Crippen molar-refractivity contribution in [3.63, 3.8) is 0 Å². The van der Waals surface area contributed by atoms with Crippen LogP contribution in [-0.2, 0) is 4.79 Å². The second-order valence-electron chi connectivity index (χ2n) is 9.06. The molecule has 0 spiro atoms. The molecule has 158 valence electrons. The van der Waals surface area contributed by atoms with E-state index in [4.69, 9.17) is 10.5 Å². The van der Waals surface area contributed by atoms with E-state index in [0.29, 0.717) is 35.6 Å². The van der Waals surface area contributed by atoms with Gasteiger partial charge in [0.25, 0.3) is 0 Å². The number of aryl methyl sites for hydroxylation is 1. The molecule has 0 unspecified atom stereocenters. The molecule has 0 aromatic heterocycles. The number of methoxy groups -OCH3 is 1. The Morgan fingerprint density at radius 1 is 1.13 bits per heavy atom. The Morgan fingerprint density at radius 2 is 1.81 bits per heavy atom. The van der Waals surface area contributed by atoms with Crippen molar-refractivity contribution < 1.29 is 9.53 Å². The molecule has 2 aliphatic rings. The van der Waals surface area contributed by atoms with Gasteiger partial charge in [-0.15, -0.1) is 0 Å². The number of para-hydroxylation sites is 1. The Labute approximate surface area is 183 Å². The first-order valence-electron chi connectivity index (χ1n) is 10.4. The Bertz CT molecular complexity index is 1150. The third-order valence-electron chi connectivity index (χ3n) is 6.12. The van der Waals surface area contributed by atoms with Gasteiger partial charge in [0, 0.05) is 28.9 Å². The smallest absolute Gasteiger partial charge is 0.162 e. The maximum atomic E-state index is 13.5. The molecule has 0 amide bonds. The van der Waals surface area contributed by atoms with Crippen LogP contribution in [0.15, 0.2) is 71.2 Å². The number of hydrogen-bond donors (Lipinski definition) is 1. The molecular weight excluding hydrogens is 386 g/mol. The van der Waals surface area contributed by atoms with Crippen molar-refractivity contribution in [1.82, 2.24) is 0 Å². The van der Waals surface area contributed by atoms with Gasteiger partial charge in [0.1, 0.15) is 11.6 Å². The molecule has 0 saturated carbocycles. The normalized spacial score (nSPS) is 20.4. The highest BCUT2D eigenvalue weighted by Gasteiger charge is 2.45. The van der Waals surface area contributed by atoms with Crippen LogP contribution in [0.1, 0.15) is 43.7 Å². The minimum absolute atomic E-state index is 0.0551. The molecule has 5 heteroatoms. The molecule has 1 atom stereocenters. The fraction of sp³-hybridized carbons (Fsp3) is 0.308. The number of nitrogens with two attached hydrogens (primary N) is 1. The van der Waals surface area contributed by atoms with E-state index in [1.165, 1.54) is 0 Å². The van der Waals surface area contributed by atoms with Gasteiger partial charge in [-0.2, -0.15) is 5.26 Å². The average molecular weight is 414 g/mol. The summed E-state index contributed by atoms with van der Waals surface area (Å²) < 4.78 is 5.59. The summed E-state index contributed by atoms with van der Waals surface area (Å²) in [6.45, 7) is 6.22. The highest BCUT2D eigenvalue weighted by atomic mass is 16.5. The van der Waals surface area contributed by atoms with Gasteiger partial charge in [-0.25, -0.2) is 0 Å². The molecule has 4 rings (SSSR count). The number of carbonyl (C=O) groups excluding carboxylic acids is 1. The van der Waals surface area contributed by atoms with Crippen LogP contribution in [0.4, 0.5) is 5.69 Å². The summed E-state index contributed by atoms with van der Waals surface area (Å²) in [6, 6.07) is 17.8. The number of Topliss-reactive ketones (excluding diaryl/α,β-unsaturated/α-hetero) is 1. The van der Waals surface area contributed by atoms with Gasteiger partial charge in [-0.05, 0) is 37.0 Å². The quantitative estimate of drug-likeness (QED) is 0.771. The minimum Gasteiger partial charge on any atom is -0.496 e. The predicted octanol–water partition coefficient (Wildman–Crippen LogP) is 4.94. The largest absolute Gasteiger partial charge is 0.496 e. The van der Waals surface area contributed by atoms with Crippen LogP contribution in [0.25, 0.3) is 0 Å². The zero-order valence-electron chi connectivity index (χ0n) is 18.4. The fourth-order valence-corrected chi connectivity index (χ4v) is 4.71. The summed E-state index contributed by atoms with van der Waals surface area (Å²) in [5.74, 6) is 0.522.